The first-order valence-corrected chi connectivity index (χ1v) is 8.21. The Labute approximate surface area is 156 Å². The molecule has 1 unspecified atom stereocenters. The summed E-state index contributed by atoms with van der Waals surface area (Å²) in [6.45, 7) is 1.23. The molecule has 0 saturated heterocycles. The van der Waals surface area contributed by atoms with Crippen LogP contribution in [0.5, 0.6) is 0 Å². The van der Waals surface area contributed by atoms with E-state index < -0.39 is 34.3 Å². The number of carbonyl (C=O) groups is 1. The van der Waals surface area contributed by atoms with E-state index in [0.29, 0.717) is 0 Å². The second-order valence-corrected chi connectivity index (χ2v) is 7.37. The van der Waals surface area contributed by atoms with E-state index in [2.05, 4.69) is 0 Å². The highest BCUT2D eigenvalue weighted by Gasteiger charge is 2.81. The number of halogens is 10. The number of carbonyl (C=O) groups excluding carboxylic acids is 1. The fourth-order valence-corrected chi connectivity index (χ4v) is 3.12. The molecular weight excluding hydrogens is 494 g/mol. The molecule has 1 aromatic rings. The Morgan fingerprint density at radius 2 is 1.54 bits per heavy atom. The van der Waals surface area contributed by atoms with Gasteiger partial charge in [-0.1, -0.05) is 40.8 Å². The van der Waals surface area contributed by atoms with Crippen LogP contribution < -0.4 is 0 Å². The second kappa shape index (κ2) is 7.55. The first-order chi connectivity index (χ1) is 11.5. The summed E-state index contributed by atoms with van der Waals surface area (Å²) in [4.78, 5) is 11.2. The molecule has 0 radical (unpaired) electrons. The minimum absolute atomic E-state index is 0.215. The lowest BCUT2D eigenvalue weighted by Gasteiger charge is -2.34. The molecular formula is C15H12F9IO. The van der Waals surface area contributed by atoms with E-state index in [9.17, 15) is 44.3 Å². The molecule has 0 aliphatic carbocycles. The molecule has 148 valence electrons. The van der Waals surface area contributed by atoms with Gasteiger partial charge in [0.2, 0.25) is 0 Å². The van der Waals surface area contributed by atoms with Crippen LogP contribution in [0, 0.1) is 0 Å². The van der Waals surface area contributed by atoms with E-state index in [1.54, 1.807) is 0 Å². The van der Waals surface area contributed by atoms with Gasteiger partial charge in [-0.3, -0.25) is 4.79 Å². The zero-order valence-electron chi connectivity index (χ0n) is 13.0. The van der Waals surface area contributed by atoms with Crippen LogP contribution in [0.15, 0.2) is 24.3 Å². The highest BCUT2D eigenvalue weighted by atomic mass is 127. The Morgan fingerprint density at radius 3 is 2.00 bits per heavy atom. The van der Waals surface area contributed by atoms with Gasteiger partial charge < -0.3 is 0 Å². The highest BCUT2D eigenvalue weighted by molar-refractivity contribution is 14.1. The van der Waals surface area contributed by atoms with Gasteiger partial charge in [-0.05, 0) is 25.0 Å². The molecule has 0 saturated carbocycles. The van der Waals surface area contributed by atoms with Crippen molar-refractivity contribution in [3.63, 3.8) is 0 Å². The average molecular weight is 506 g/mol. The second-order valence-electron chi connectivity index (χ2n) is 5.61. The van der Waals surface area contributed by atoms with Crippen LogP contribution in [0.4, 0.5) is 39.5 Å². The molecule has 0 spiro atoms. The summed E-state index contributed by atoms with van der Waals surface area (Å²) in [5.41, 5.74) is 0.491. The third-order valence-electron chi connectivity index (χ3n) is 3.48. The lowest BCUT2D eigenvalue weighted by atomic mass is 9.96. The molecule has 0 aliphatic heterocycles. The van der Waals surface area contributed by atoms with Crippen LogP contribution in [0.3, 0.4) is 0 Å². The number of Topliss-reactive ketones (excluding diaryl/α,β-unsaturated/α-hetero) is 1. The van der Waals surface area contributed by atoms with Crippen molar-refractivity contribution in [2.75, 3.05) is 0 Å². The summed E-state index contributed by atoms with van der Waals surface area (Å²) >= 11 is 1.26. The van der Waals surface area contributed by atoms with Crippen LogP contribution in [0.25, 0.3) is 0 Å². The molecule has 0 fully saturated rings. The molecule has 1 rings (SSSR count). The molecule has 0 heterocycles. The largest absolute Gasteiger partial charge is 0.460 e. The summed E-state index contributed by atoms with van der Waals surface area (Å²) in [7, 11) is 0. The first kappa shape index (κ1) is 23.0. The Kier molecular flexibility index (Phi) is 6.68. The van der Waals surface area contributed by atoms with Gasteiger partial charge in [0.1, 0.15) is 0 Å². The predicted octanol–water partition coefficient (Wildman–Crippen LogP) is 6.09. The van der Waals surface area contributed by atoms with E-state index >= 15 is 0 Å². The smallest absolute Gasteiger partial charge is 0.295 e. The van der Waals surface area contributed by atoms with Crippen LogP contribution in [0.1, 0.15) is 29.3 Å². The monoisotopic (exact) mass is 506 g/mol. The third kappa shape index (κ3) is 4.63. The fraction of sp³-hybridized carbons (Fsp3) is 0.533. The van der Waals surface area contributed by atoms with Crippen LogP contribution in [-0.4, -0.2) is 33.7 Å². The van der Waals surface area contributed by atoms with E-state index in [0.717, 1.165) is 0 Å². The molecule has 1 atom stereocenters. The van der Waals surface area contributed by atoms with E-state index in [4.69, 9.17) is 0 Å². The topological polar surface area (TPSA) is 17.1 Å². The standard InChI is InChI=1S/C15H12F9IO/c1-8(26)10-4-2-3-9(5-10)6-11(25)7-12(16,17)13(18,19)14(20,21)15(22,23)24/h2-5,11H,6-7H2,1H3. The number of hydrogen-bond donors (Lipinski definition) is 0. The lowest BCUT2D eigenvalue weighted by molar-refractivity contribution is -0.396. The van der Waals surface area contributed by atoms with Gasteiger partial charge >= 0.3 is 23.9 Å². The van der Waals surface area contributed by atoms with Gasteiger partial charge in [-0.2, -0.15) is 39.5 Å². The van der Waals surface area contributed by atoms with Crippen molar-refractivity contribution >= 4 is 28.4 Å². The fourth-order valence-electron chi connectivity index (χ4n) is 2.06. The zero-order valence-corrected chi connectivity index (χ0v) is 15.1. The maximum atomic E-state index is 13.6. The molecule has 11 heteroatoms. The molecule has 26 heavy (non-hydrogen) atoms. The summed E-state index contributed by atoms with van der Waals surface area (Å²) in [6, 6.07) is 5.51. The van der Waals surface area contributed by atoms with Gasteiger partial charge in [-0.25, -0.2) is 0 Å². The van der Waals surface area contributed by atoms with Gasteiger partial charge in [-0.15, -0.1) is 0 Å². The quantitative estimate of drug-likeness (QED) is 0.189. The highest BCUT2D eigenvalue weighted by Crippen LogP contribution is 2.54. The number of rotatable bonds is 7. The summed E-state index contributed by atoms with van der Waals surface area (Å²) < 4.78 is 114. The molecule has 0 aliphatic rings. The van der Waals surface area contributed by atoms with Crippen LogP contribution >= 0.6 is 22.6 Å². The van der Waals surface area contributed by atoms with E-state index in [1.165, 1.54) is 53.8 Å². The van der Waals surface area contributed by atoms with Crippen molar-refractivity contribution < 1.29 is 44.3 Å². The minimum atomic E-state index is -6.88. The van der Waals surface area contributed by atoms with Crippen molar-refractivity contribution in [2.24, 2.45) is 0 Å². The predicted molar refractivity (Wildman–Crippen MR) is 83.5 cm³/mol. The normalized spacial score (nSPS) is 15.0. The third-order valence-corrected chi connectivity index (χ3v) is 4.36. The average Bonchev–Trinajstić information content (AvgIpc) is 2.45. The number of ketones is 1. The first-order valence-electron chi connectivity index (χ1n) is 6.97. The maximum absolute atomic E-state index is 13.6. The zero-order chi connectivity index (χ0) is 20.6. The number of benzene rings is 1. The Hall–Kier alpha value is -1.01. The van der Waals surface area contributed by atoms with Crippen molar-refractivity contribution in [1.82, 2.24) is 0 Å². The van der Waals surface area contributed by atoms with E-state index in [1.807, 2.05) is 0 Å². The Morgan fingerprint density at radius 1 is 1.00 bits per heavy atom. The molecule has 0 aromatic heterocycles. The van der Waals surface area contributed by atoms with Crippen molar-refractivity contribution in [2.45, 2.75) is 47.6 Å². The molecule has 1 aromatic carbocycles. The maximum Gasteiger partial charge on any atom is 0.460 e. The van der Waals surface area contributed by atoms with Crippen molar-refractivity contribution in [1.29, 1.82) is 0 Å². The van der Waals surface area contributed by atoms with Crippen molar-refractivity contribution in [3.8, 4) is 0 Å². The van der Waals surface area contributed by atoms with Gasteiger partial charge in [0.05, 0.1) is 0 Å². The van der Waals surface area contributed by atoms with Gasteiger partial charge in [0, 0.05) is 15.9 Å². The summed E-state index contributed by atoms with van der Waals surface area (Å²) in [5, 5.41) is 0. The van der Waals surface area contributed by atoms with E-state index in [-0.39, 0.29) is 23.3 Å². The summed E-state index contributed by atoms with van der Waals surface area (Å²) in [6.07, 6.45) is -9.06. The van der Waals surface area contributed by atoms with Gasteiger partial charge in [0.15, 0.2) is 5.78 Å². The minimum Gasteiger partial charge on any atom is -0.295 e. The summed E-state index contributed by atoms with van der Waals surface area (Å²) in [5.74, 6) is -19.4. The molecule has 0 N–H and O–H groups in total. The Balaban J connectivity index is 2.98. The Bertz CT molecular complexity index is 655. The van der Waals surface area contributed by atoms with Crippen molar-refractivity contribution in [3.05, 3.63) is 35.4 Å². The van der Waals surface area contributed by atoms with Crippen LogP contribution in [-0.2, 0) is 6.42 Å². The molecule has 1 nitrogen and oxygen atoms in total. The number of alkyl halides is 10. The van der Waals surface area contributed by atoms with Gasteiger partial charge in [0.25, 0.3) is 0 Å². The SMILES string of the molecule is CC(=O)c1cccc(CC(I)CC(F)(F)C(F)(F)C(F)(F)C(F)(F)F)c1. The molecule has 0 bridgehead atoms. The lowest BCUT2D eigenvalue weighted by Crippen LogP contribution is -2.61. The number of hydrogen-bond acceptors (Lipinski definition) is 1. The molecule has 0 amide bonds. The van der Waals surface area contributed by atoms with Crippen LogP contribution in [0.2, 0.25) is 0 Å².